The Hall–Kier alpha value is -2.00. The lowest BCUT2D eigenvalue weighted by Crippen LogP contribution is -2.49. The lowest BCUT2D eigenvalue weighted by atomic mass is 10.1. The number of hydrogen-bond donors (Lipinski definition) is 1. The van der Waals surface area contributed by atoms with Crippen molar-refractivity contribution in [1.29, 1.82) is 0 Å². The highest BCUT2D eigenvalue weighted by Gasteiger charge is 2.33. The Labute approximate surface area is 180 Å². The van der Waals surface area contributed by atoms with E-state index in [1.165, 1.54) is 11.3 Å². The van der Waals surface area contributed by atoms with Crippen LogP contribution in [0.5, 0.6) is 0 Å². The Balaban J connectivity index is 0.00000140. The molecule has 0 bridgehead atoms. The van der Waals surface area contributed by atoms with Crippen LogP contribution in [0.1, 0.15) is 27.2 Å². The number of piperazine rings is 1. The molecule has 10 heteroatoms. The molecule has 0 spiro atoms. The Morgan fingerprint density at radius 3 is 2.75 bits per heavy atom. The van der Waals surface area contributed by atoms with Crippen molar-refractivity contribution in [2.24, 2.45) is 7.05 Å². The number of halogens is 2. The molecule has 1 aliphatic heterocycles. The van der Waals surface area contributed by atoms with E-state index < -0.39 is 0 Å². The van der Waals surface area contributed by atoms with E-state index in [2.05, 4.69) is 20.3 Å². The molecule has 150 valence electrons. The molecule has 0 saturated carbocycles. The van der Waals surface area contributed by atoms with Crippen molar-refractivity contribution < 1.29 is 4.79 Å². The van der Waals surface area contributed by atoms with Gasteiger partial charge in [0.15, 0.2) is 0 Å². The van der Waals surface area contributed by atoms with Gasteiger partial charge in [-0.05, 0) is 19.1 Å². The van der Waals surface area contributed by atoms with Gasteiger partial charge < -0.3 is 14.8 Å². The van der Waals surface area contributed by atoms with Gasteiger partial charge in [-0.25, -0.2) is 9.97 Å². The molecule has 1 amide bonds. The monoisotopic (exact) mass is 440 g/mol. The van der Waals surface area contributed by atoms with Crippen molar-refractivity contribution >= 4 is 42.1 Å². The lowest BCUT2D eigenvalue weighted by molar-refractivity contribution is 0.0625. The highest BCUT2D eigenvalue weighted by molar-refractivity contribution is 7.17. The summed E-state index contributed by atoms with van der Waals surface area (Å²) in [5, 5.41) is 4.14. The number of carbonyl (C=O) groups is 1. The Bertz CT molecular complexity index is 929. The number of pyridine rings is 1. The summed E-state index contributed by atoms with van der Waals surface area (Å²) in [7, 11) is 1.96. The van der Waals surface area contributed by atoms with Gasteiger partial charge in [-0.1, -0.05) is 6.07 Å². The number of thiazole rings is 1. The number of nitrogens with one attached hydrogen (secondary N) is 1. The van der Waals surface area contributed by atoms with Gasteiger partial charge in [0, 0.05) is 45.3 Å². The third kappa shape index (κ3) is 4.20. The van der Waals surface area contributed by atoms with Crippen LogP contribution >= 0.6 is 36.2 Å². The standard InChI is InChI=1S/C18H20N6OS.2ClH/c1-12-15(26-17(22-12)13-5-3-4-6-20-13)18(25)24-10-7-19-11-14(24)16-21-8-9-23(16)2;;/h3-6,8-9,14,19H,7,10-11H2,1-2H3;2*1H. The van der Waals surface area contributed by atoms with E-state index in [1.54, 1.807) is 12.4 Å². The molecular weight excluding hydrogens is 419 g/mol. The first-order chi connectivity index (χ1) is 12.6. The number of imidazole rings is 1. The second kappa shape index (κ2) is 9.47. The van der Waals surface area contributed by atoms with E-state index in [-0.39, 0.29) is 36.8 Å². The molecule has 0 radical (unpaired) electrons. The Kier molecular flexibility index (Phi) is 7.54. The summed E-state index contributed by atoms with van der Waals surface area (Å²) in [6.07, 6.45) is 5.41. The maximum Gasteiger partial charge on any atom is 0.266 e. The highest BCUT2D eigenvalue weighted by atomic mass is 35.5. The molecular formula is C18H22Cl2N6OS. The first kappa shape index (κ1) is 22.3. The third-order valence-corrected chi connectivity index (χ3v) is 5.70. The van der Waals surface area contributed by atoms with Crippen LogP contribution in [0.15, 0.2) is 36.8 Å². The van der Waals surface area contributed by atoms with Gasteiger partial charge in [-0.3, -0.25) is 9.78 Å². The van der Waals surface area contributed by atoms with Crippen LogP contribution in [-0.4, -0.2) is 50.0 Å². The fourth-order valence-corrected chi connectivity index (χ4v) is 4.20. The zero-order chi connectivity index (χ0) is 18.1. The molecule has 1 atom stereocenters. The number of aryl methyl sites for hydroxylation is 2. The number of hydrogen-bond acceptors (Lipinski definition) is 6. The second-order valence-electron chi connectivity index (χ2n) is 6.26. The van der Waals surface area contributed by atoms with Gasteiger partial charge in [-0.2, -0.15) is 0 Å². The molecule has 0 aliphatic carbocycles. The summed E-state index contributed by atoms with van der Waals surface area (Å²) in [6.45, 7) is 4.00. The molecule has 3 aromatic heterocycles. The summed E-state index contributed by atoms with van der Waals surface area (Å²) >= 11 is 1.41. The molecule has 4 rings (SSSR count). The molecule has 3 aromatic rings. The molecule has 28 heavy (non-hydrogen) atoms. The molecule has 1 fully saturated rings. The first-order valence-corrected chi connectivity index (χ1v) is 9.34. The topological polar surface area (TPSA) is 75.9 Å². The average Bonchev–Trinajstić information content (AvgIpc) is 3.27. The number of rotatable bonds is 3. The van der Waals surface area contributed by atoms with Crippen molar-refractivity contribution in [3.63, 3.8) is 0 Å². The molecule has 1 unspecified atom stereocenters. The average molecular weight is 441 g/mol. The predicted octanol–water partition coefficient (Wildman–Crippen LogP) is 2.88. The van der Waals surface area contributed by atoms with Crippen LogP contribution in [0.25, 0.3) is 10.7 Å². The predicted molar refractivity (Wildman–Crippen MR) is 114 cm³/mol. The van der Waals surface area contributed by atoms with E-state index in [4.69, 9.17) is 0 Å². The van der Waals surface area contributed by atoms with Crippen molar-refractivity contribution in [2.45, 2.75) is 13.0 Å². The van der Waals surface area contributed by atoms with Crippen LogP contribution < -0.4 is 5.32 Å². The van der Waals surface area contributed by atoms with Gasteiger partial charge in [0.2, 0.25) is 0 Å². The summed E-state index contributed by atoms with van der Waals surface area (Å²) in [6, 6.07) is 5.62. The fourth-order valence-electron chi connectivity index (χ4n) is 3.20. The van der Waals surface area contributed by atoms with Crippen molar-refractivity contribution in [2.75, 3.05) is 19.6 Å². The zero-order valence-corrected chi connectivity index (χ0v) is 18.0. The van der Waals surface area contributed by atoms with Gasteiger partial charge >= 0.3 is 0 Å². The van der Waals surface area contributed by atoms with Gasteiger partial charge in [-0.15, -0.1) is 36.2 Å². The number of nitrogens with zero attached hydrogens (tertiary/aromatic N) is 5. The van der Waals surface area contributed by atoms with Crippen molar-refractivity contribution in [1.82, 2.24) is 29.7 Å². The minimum absolute atomic E-state index is 0. The maximum absolute atomic E-state index is 13.3. The molecule has 7 nitrogen and oxygen atoms in total. The Morgan fingerprint density at radius 2 is 2.07 bits per heavy atom. The van der Waals surface area contributed by atoms with Crippen LogP contribution in [0, 0.1) is 6.92 Å². The Morgan fingerprint density at radius 1 is 1.25 bits per heavy atom. The minimum atomic E-state index is -0.0870. The molecule has 4 heterocycles. The van der Waals surface area contributed by atoms with Gasteiger partial charge in [0.05, 0.1) is 11.4 Å². The van der Waals surface area contributed by atoms with Crippen molar-refractivity contribution in [3.8, 4) is 10.7 Å². The van der Waals surface area contributed by atoms with E-state index >= 15 is 0 Å². The van der Waals surface area contributed by atoms with Gasteiger partial charge in [0.25, 0.3) is 5.91 Å². The summed E-state index contributed by atoms with van der Waals surface area (Å²) in [5.41, 5.74) is 1.54. The summed E-state index contributed by atoms with van der Waals surface area (Å²) in [5.74, 6) is 0.898. The minimum Gasteiger partial charge on any atom is -0.336 e. The normalized spacial score (nSPS) is 16.2. The molecule has 1 saturated heterocycles. The van der Waals surface area contributed by atoms with Crippen LogP contribution in [0.4, 0.5) is 0 Å². The van der Waals surface area contributed by atoms with E-state index in [0.29, 0.717) is 18.0 Å². The zero-order valence-electron chi connectivity index (χ0n) is 15.5. The number of carbonyl (C=O) groups excluding carboxylic acids is 1. The largest absolute Gasteiger partial charge is 0.336 e. The SMILES string of the molecule is Cc1nc(-c2ccccn2)sc1C(=O)N1CCNCC1c1nccn1C.Cl.Cl. The quantitative estimate of drug-likeness (QED) is 0.677. The highest BCUT2D eigenvalue weighted by Crippen LogP contribution is 2.30. The lowest BCUT2D eigenvalue weighted by Gasteiger charge is -2.35. The second-order valence-corrected chi connectivity index (χ2v) is 7.26. The maximum atomic E-state index is 13.3. The smallest absolute Gasteiger partial charge is 0.266 e. The number of aromatic nitrogens is 4. The van der Waals surface area contributed by atoms with Crippen LogP contribution in [-0.2, 0) is 7.05 Å². The van der Waals surface area contributed by atoms with E-state index in [9.17, 15) is 4.79 Å². The fraction of sp³-hybridized carbons (Fsp3) is 0.333. The van der Waals surface area contributed by atoms with E-state index in [0.717, 1.165) is 28.8 Å². The summed E-state index contributed by atoms with van der Waals surface area (Å²) < 4.78 is 1.97. The number of amides is 1. The van der Waals surface area contributed by atoms with E-state index in [1.807, 2.05) is 47.8 Å². The summed E-state index contributed by atoms with van der Waals surface area (Å²) in [4.78, 5) is 29.2. The van der Waals surface area contributed by atoms with Gasteiger partial charge in [0.1, 0.15) is 21.8 Å². The molecule has 1 N–H and O–H groups in total. The van der Waals surface area contributed by atoms with Crippen molar-refractivity contribution in [3.05, 3.63) is 53.2 Å². The molecule has 0 aromatic carbocycles. The van der Waals surface area contributed by atoms with Crippen LogP contribution in [0.3, 0.4) is 0 Å². The third-order valence-electron chi connectivity index (χ3n) is 4.54. The first-order valence-electron chi connectivity index (χ1n) is 8.53. The van der Waals surface area contributed by atoms with Crippen LogP contribution in [0.2, 0.25) is 0 Å². The molecule has 1 aliphatic rings.